The van der Waals surface area contributed by atoms with Crippen LogP contribution in [0.25, 0.3) is 0 Å². The van der Waals surface area contributed by atoms with Gasteiger partial charge in [0.25, 0.3) is 0 Å². The molecule has 0 aromatic heterocycles. The van der Waals surface area contributed by atoms with E-state index in [4.69, 9.17) is 57.2 Å². The third-order valence-corrected chi connectivity index (χ3v) is 4.65. The fraction of sp³-hybridized carbons (Fsp3) is 1.00. The molecule has 0 rings (SSSR count). The third kappa shape index (κ3) is 23.9. The van der Waals surface area contributed by atoms with E-state index in [9.17, 15) is 0 Å². The average molecular weight is 531 g/mol. The highest BCUT2D eigenvalue weighted by atomic mass is 16.6. The van der Waals surface area contributed by atoms with Gasteiger partial charge < -0.3 is 57.2 Å². The maximum atomic E-state index is 8.85. The van der Waals surface area contributed by atoms with Crippen molar-refractivity contribution in [1.29, 1.82) is 0 Å². The van der Waals surface area contributed by atoms with E-state index >= 15 is 0 Å². The Bertz CT molecular complexity index is 371. The molecule has 0 radical (unpaired) electrons. The van der Waals surface area contributed by atoms with Crippen LogP contribution < -0.4 is 0 Å². The number of hydrogen-bond acceptors (Lipinski definition) is 12. The van der Waals surface area contributed by atoms with E-state index in [2.05, 4.69) is 0 Å². The number of ether oxygens (including phenoxy) is 11. The summed E-state index contributed by atoms with van der Waals surface area (Å²) in [5.41, 5.74) is -0.553. The topological polar surface area (TPSA) is 122 Å². The Morgan fingerprint density at radius 3 is 0.889 bits per heavy atom. The molecule has 0 unspecified atom stereocenters. The zero-order valence-electron chi connectivity index (χ0n) is 22.6. The summed E-state index contributed by atoms with van der Waals surface area (Å²) in [7, 11) is 4.90. The van der Waals surface area contributed by atoms with Gasteiger partial charge in [-0.2, -0.15) is 0 Å². The predicted molar refractivity (Wildman–Crippen MR) is 132 cm³/mol. The third-order valence-electron chi connectivity index (χ3n) is 4.65. The monoisotopic (exact) mass is 530 g/mol. The molecule has 0 bridgehead atoms. The Hall–Kier alpha value is -0.480. The number of aliphatic hydroxyl groups excluding tert-OH is 1. The predicted octanol–water partition coefficient (Wildman–Crippen LogP) is 0.0371. The summed E-state index contributed by atoms with van der Waals surface area (Å²) in [6.45, 7) is 8.21. The fourth-order valence-electron chi connectivity index (χ4n) is 2.78. The van der Waals surface area contributed by atoms with E-state index < -0.39 is 5.41 Å². The lowest BCUT2D eigenvalue weighted by Gasteiger charge is -2.33. The van der Waals surface area contributed by atoms with Gasteiger partial charge in [0, 0.05) is 21.3 Å². The zero-order chi connectivity index (χ0) is 26.4. The summed E-state index contributed by atoms with van der Waals surface area (Å²) in [6.07, 6.45) is 0. The molecule has 1 N–H and O–H groups in total. The Balaban J connectivity index is 4.77. The number of aliphatic hydroxyl groups is 1. The lowest BCUT2D eigenvalue weighted by atomic mass is 9.92. The van der Waals surface area contributed by atoms with Crippen molar-refractivity contribution in [2.24, 2.45) is 5.41 Å². The van der Waals surface area contributed by atoms with Crippen LogP contribution in [0.4, 0.5) is 0 Å². The molecule has 0 amide bonds. The molecule has 0 atom stereocenters. The van der Waals surface area contributed by atoms with Gasteiger partial charge >= 0.3 is 0 Å². The van der Waals surface area contributed by atoms with Gasteiger partial charge in [0.1, 0.15) is 0 Å². The Morgan fingerprint density at radius 1 is 0.361 bits per heavy atom. The highest BCUT2D eigenvalue weighted by Gasteiger charge is 2.32. The minimum Gasteiger partial charge on any atom is -0.394 e. The molecule has 12 nitrogen and oxygen atoms in total. The van der Waals surface area contributed by atoms with Crippen LogP contribution in [0.5, 0.6) is 0 Å². The molecule has 0 aliphatic rings. The van der Waals surface area contributed by atoms with Crippen molar-refractivity contribution >= 4 is 0 Å². The molecule has 0 heterocycles. The maximum absolute atomic E-state index is 8.85. The van der Waals surface area contributed by atoms with Crippen molar-refractivity contribution in [3.63, 3.8) is 0 Å². The van der Waals surface area contributed by atoms with E-state index in [-0.39, 0.29) is 13.2 Å². The smallest absolute Gasteiger partial charge is 0.0701 e. The molecular formula is C24H50O12. The zero-order valence-corrected chi connectivity index (χ0v) is 22.6. The Morgan fingerprint density at radius 2 is 0.611 bits per heavy atom. The van der Waals surface area contributed by atoms with E-state index in [0.29, 0.717) is 119 Å². The lowest BCUT2D eigenvalue weighted by molar-refractivity contribution is -0.122. The summed E-state index contributed by atoms with van der Waals surface area (Å²) in [5.74, 6) is 0. The van der Waals surface area contributed by atoms with Crippen LogP contribution >= 0.6 is 0 Å². The first-order valence-corrected chi connectivity index (χ1v) is 12.4. The molecule has 218 valence electrons. The van der Waals surface area contributed by atoms with Gasteiger partial charge in [-0.25, -0.2) is 0 Å². The molecule has 0 aliphatic carbocycles. The molecule has 0 aromatic carbocycles. The van der Waals surface area contributed by atoms with Crippen molar-refractivity contribution < 1.29 is 57.2 Å². The van der Waals surface area contributed by atoms with E-state index in [1.165, 1.54) is 0 Å². The Kier molecular flexibility index (Phi) is 28.7. The van der Waals surface area contributed by atoms with E-state index in [1.807, 2.05) is 0 Å². The highest BCUT2D eigenvalue weighted by molar-refractivity contribution is 4.79. The quantitative estimate of drug-likeness (QED) is 0.122. The van der Waals surface area contributed by atoms with Crippen LogP contribution in [-0.4, -0.2) is 159 Å². The van der Waals surface area contributed by atoms with Crippen LogP contribution in [0.15, 0.2) is 0 Å². The summed E-state index contributed by atoms with van der Waals surface area (Å²) >= 11 is 0. The van der Waals surface area contributed by atoms with Crippen molar-refractivity contribution in [2.45, 2.75) is 0 Å². The number of hydrogen-bond donors (Lipinski definition) is 1. The van der Waals surface area contributed by atoms with Crippen LogP contribution in [0.3, 0.4) is 0 Å². The average Bonchev–Trinajstić information content (AvgIpc) is 2.89. The van der Waals surface area contributed by atoms with Crippen molar-refractivity contribution in [2.75, 3.05) is 153 Å². The van der Waals surface area contributed by atoms with Gasteiger partial charge in [-0.05, 0) is 0 Å². The summed E-state index contributed by atoms with van der Waals surface area (Å²) in [4.78, 5) is 0. The maximum Gasteiger partial charge on any atom is 0.0701 e. The van der Waals surface area contributed by atoms with Gasteiger partial charge in [-0.1, -0.05) is 0 Å². The first-order valence-electron chi connectivity index (χ1n) is 12.4. The van der Waals surface area contributed by atoms with Crippen LogP contribution in [0.1, 0.15) is 0 Å². The first-order chi connectivity index (χ1) is 17.7. The molecule has 0 aliphatic heterocycles. The summed E-state index contributed by atoms with van der Waals surface area (Å²) < 4.78 is 60.3. The number of methoxy groups -OCH3 is 3. The second-order valence-electron chi connectivity index (χ2n) is 7.86. The second-order valence-corrected chi connectivity index (χ2v) is 7.86. The van der Waals surface area contributed by atoms with Gasteiger partial charge in [-0.15, -0.1) is 0 Å². The first kappa shape index (κ1) is 35.5. The highest BCUT2D eigenvalue weighted by Crippen LogP contribution is 2.21. The van der Waals surface area contributed by atoms with Gasteiger partial charge in [0.15, 0.2) is 0 Å². The van der Waals surface area contributed by atoms with Crippen LogP contribution in [0.2, 0.25) is 0 Å². The van der Waals surface area contributed by atoms with Gasteiger partial charge in [0.05, 0.1) is 138 Å². The van der Waals surface area contributed by atoms with Crippen molar-refractivity contribution in [1.82, 2.24) is 0 Å². The molecule has 0 fully saturated rings. The summed E-state index contributed by atoms with van der Waals surface area (Å²) in [5, 5.41) is 8.85. The molecular weight excluding hydrogens is 480 g/mol. The summed E-state index contributed by atoms with van der Waals surface area (Å²) in [6, 6.07) is 0. The molecule has 36 heavy (non-hydrogen) atoms. The standard InChI is InChI=1S/C24H50O12/c1-26-6-9-30-13-17-34-21-24(20-33-16-12-29-5-4-25,22-35-18-14-31-10-7-27-2)23-36-19-15-32-11-8-28-3/h25H,4-23H2,1-3H3. The van der Waals surface area contributed by atoms with E-state index in [1.54, 1.807) is 21.3 Å². The molecule has 0 saturated carbocycles. The largest absolute Gasteiger partial charge is 0.394 e. The lowest BCUT2D eigenvalue weighted by Crippen LogP contribution is -2.43. The molecule has 0 saturated heterocycles. The van der Waals surface area contributed by atoms with Gasteiger partial charge in [-0.3, -0.25) is 0 Å². The van der Waals surface area contributed by atoms with Crippen molar-refractivity contribution in [3.8, 4) is 0 Å². The molecule has 0 aromatic rings. The fourth-order valence-corrected chi connectivity index (χ4v) is 2.78. The van der Waals surface area contributed by atoms with Crippen LogP contribution in [-0.2, 0) is 52.1 Å². The Labute approximate surface area is 216 Å². The molecule has 0 spiro atoms. The molecule has 12 heteroatoms. The van der Waals surface area contributed by atoms with E-state index in [0.717, 1.165) is 0 Å². The van der Waals surface area contributed by atoms with Crippen LogP contribution in [0, 0.1) is 5.41 Å². The normalized spacial score (nSPS) is 12.0. The van der Waals surface area contributed by atoms with Gasteiger partial charge in [0.2, 0.25) is 0 Å². The van der Waals surface area contributed by atoms with Crippen molar-refractivity contribution in [3.05, 3.63) is 0 Å². The number of rotatable bonds is 31. The minimum absolute atomic E-state index is 0.0230. The second kappa shape index (κ2) is 29.1. The SMILES string of the molecule is COCCOCCOCC(COCCOCCO)(COCCOCCOC)COCCOCCOC. The minimum atomic E-state index is -0.553.